The molecule has 112 valence electrons. The van der Waals surface area contributed by atoms with Crippen molar-refractivity contribution in [2.24, 2.45) is 0 Å². The minimum absolute atomic E-state index is 0.237. The third kappa shape index (κ3) is 4.18. The second-order valence-corrected chi connectivity index (χ2v) is 6.63. The van der Waals surface area contributed by atoms with Crippen LogP contribution in [0.15, 0.2) is 22.5 Å². The highest BCUT2D eigenvalue weighted by atomic mass is 32.2. The first kappa shape index (κ1) is 15.8. The number of hydrogen-bond acceptors (Lipinski definition) is 6. The average Bonchev–Trinajstić information content (AvgIpc) is 2.89. The molecule has 1 aromatic carbocycles. The highest BCUT2D eigenvalue weighted by molar-refractivity contribution is 8.00. The molecule has 1 atom stereocenters. The quantitative estimate of drug-likeness (QED) is 0.676. The van der Waals surface area contributed by atoms with Crippen LogP contribution < -0.4 is 10.1 Å². The van der Waals surface area contributed by atoms with Gasteiger partial charge in [0, 0.05) is 0 Å². The topological polar surface area (TPSA) is 64.1 Å². The largest absolute Gasteiger partial charge is 0.481 e. The number of amides is 1. The van der Waals surface area contributed by atoms with Crippen LogP contribution in [0.4, 0.5) is 5.13 Å². The molecule has 7 heteroatoms. The summed E-state index contributed by atoms with van der Waals surface area (Å²) in [7, 11) is 0. The number of anilines is 1. The van der Waals surface area contributed by atoms with Crippen molar-refractivity contribution in [2.75, 3.05) is 11.6 Å². The highest BCUT2D eigenvalue weighted by Crippen LogP contribution is 2.24. The third-order valence-electron chi connectivity index (χ3n) is 2.81. The van der Waals surface area contributed by atoms with E-state index in [9.17, 15) is 4.79 Å². The Kier molecular flexibility index (Phi) is 5.19. The Morgan fingerprint density at radius 3 is 2.76 bits per heavy atom. The number of nitrogens with one attached hydrogen (secondary N) is 1. The summed E-state index contributed by atoms with van der Waals surface area (Å²) in [6.07, 6.45) is 1.31. The van der Waals surface area contributed by atoms with Crippen molar-refractivity contribution >= 4 is 34.1 Å². The molecule has 0 fully saturated rings. The number of rotatable bonds is 5. The number of aryl methyl sites for hydroxylation is 2. The summed E-state index contributed by atoms with van der Waals surface area (Å²) in [4.78, 5) is 12.1. The summed E-state index contributed by atoms with van der Waals surface area (Å²) in [5.41, 5.74) is 2.17. The van der Waals surface area contributed by atoms with E-state index in [-0.39, 0.29) is 5.91 Å². The molecule has 1 amide bonds. The normalized spacial score (nSPS) is 12.0. The van der Waals surface area contributed by atoms with Crippen molar-refractivity contribution in [3.8, 4) is 5.75 Å². The van der Waals surface area contributed by atoms with Gasteiger partial charge in [-0.25, -0.2) is 0 Å². The molecular formula is C14H17N3O2S2. The van der Waals surface area contributed by atoms with Gasteiger partial charge in [-0.2, -0.15) is 0 Å². The SMILES string of the molecule is CSc1nnc(NC(=O)[C@@H](C)Oc2ccc(C)cc2C)s1. The zero-order valence-corrected chi connectivity index (χ0v) is 14.0. The van der Waals surface area contributed by atoms with Crippen molar-refractivity contribution in [1.29, 1.82) is 0 Å². The van der Waals surface area contributed by atoms with Crippen molar-refractivity contribution < 1.29 is 9.53 Å². The predicted molar refractivity (Wildman–Crippen MR) is 86.3 cm³/mol. The van der Waals surface area contributed by atoms with E-state index < -0.39 is 6.10 Å². The summed E-state index contributed by atoms with van der Waals surface area (Å²) in [5.74, 6) is 0.476. The molecule has 0 aliphatic rings. The minimum Gasteiger partial charge on any atom is -0.481 e. The van der Waals surface area contributed by atoms with Crippen molar-refractivity contribution in [1.82, 2.24) is 10.2 Å². The zero-order valence-electron chi connectivity index (χ0n) is 12.3. The van der Waals surface area contributed by atoms with Crippen LogP contribution in [-0.2, 0) is 4.79 Å². The molecule has 1 N–H and O–H groups in total. The Labute approximate surface area is 132 Å². The summed E-state index contributed by atoms with van der Waals surface area (Å²) in [6, 6.07) is 5.86. The van der Waals surface area contributed by atoms with Gasteiger partial charge in [-0.15, -0.1) is 10.2 Å². The van der Waals surface area contributed by atoms with E-state index in [0.717, 1.165) is 15.5 Å². The van der Waals surface area contributed by atoms with Crippen LogP contribution in [-0.4, -0.2) is 28.5 Å². The number of hydrogen-bond donors (Lipinski definition) is 1. The van der Waals surface area contributed by atoms with Crippen LogP contribution in [0.25, 0.3) is 0 Å². The molecule has 0 aliphatic heterocycles. The predicted octanol–water partition coefficient (Wildman–Crippen LogP) is 3.28. The second kappa shape index (κ2) is 6.91. The maximum atomic E-state index is 12.1. The monoisotopic (exact) mass is 323 g/mol. The minimum atomic E-state index is -0.604. The molecule has 1 heterocycles. The fourth-order valence-electron chi connectivity index (χ4n) is 1.73. The molecule has 21 heavy (non-hydrogen) atoms. The Morgan fingerprint density at radius 1 is 1.38 bits per heavy atom. The van der Waals surface area contributed by atoms with Gasteiger partial charge in [0.2, 0.25) is 5.13 Å². The van der Waals surface area contributed by atoms with Gasteiger partial charge in [0.05, 0.1) is 0 Å². The average molecular weight is 323 g/mol. The molecule has 0 bridgehead atoms. The summed E-state index contributed by atoms with van der Waals surface area (Å²) >= 11 is 2.84. The van der Waals surface area contributed by atoms with Gasteiger partial charge in [-0.05, 0) is 38.7 Å². The molecule has 0 saturated carbocycles. The van der Waals surface area contributed by atoms with Gasteiger partial charge in [0.15, 0.2) is 10.4 Å². The van der Waals surface area contributed by atoms with Crippen molar-refractivity contribution in [3.63, 3.8) is 0 Å². The Bertz CT molecular complexity index is 643. The molecule has 2 rings (SSSR count). The van der Waals surface area contributed by atoms with Crippen molar-refractivity contribution in [3.05, 3.63) is 29.3 Å². The first-order valence-electron chi connectivity index (χ1n) is 6.42. The number of nitrogens with zero attached hydrogens (tertiary/aromatic N) is 2. The second-order valence-electron chi connectivity index (χ2n) is 4.60. The van der Waals surface area contributed by atoms with Crippen LogP contribution in [0.2, 0.25) is 0 Å². The first-order chi connectivity index (χ1) is 9.99. The summed E-state index contributed by atoms with van der Waals surface area (Å²) < 4.78 is 6.52. The maximum absolute atomic E-state index is 12.1. The Balaban J connectivity index is 1.98. The summed E-state index contributed by atoms with van der Waals surface area (Å²) in [5, 5.41) is 11.0. The number of thioether (sulfide) groups is 1. The standard InChI is InChI=1S/C14H17N3O2S2/c1-8-5-6-11(9(2)7-8)19-10(3)12(18)15-13-16-17-14(20-4)21-13/h5-7,10H,1-4H3,(H,15,16,18)/t10-/m1/s1. The highest BCUT2D eigenvalue weighted by Gasteiger charge is 2.17. The summed E-state index contributed by atoms with van der Waals surface area (Å²) in [6.45, 7) is 5.69. The molecule has 0 radical (unpaired) electrons. The first-order valence-corrected chi connectivity index (χ1v) is 8.46. The molecule has 0 unspecified atom stereocenters. The maximum Gasteiger partial charge on any atom is 0.266 e. The fraction of sp³-hybridized carbons (Fsp3) is 0.357. The number of aromatic nitrogens is 2. The van der Waals surface area contributed by atoms with E-state index >= 15 is 0 Å². The third-order valence-corrected chi connectivity index (χ3v) is 4.63. The molecule has 0 spiro atoms. The van der Waals surface area contributed by atoms with E-state index in [4.69, 9.17) is 4.74 Å². The Hall–Kier alpha value is -1.60. The van der Waals surface area contributed by atoms with Gasteiger partial charge in [-0.3, -0.25) is 10.1 Å². The smallest absolute Gasteiger partial charge is 0.266 e. The molecular weight excluding hydrogens is 306 g/mol. The van der Waals surface area contributed by atoms with Crippen molar-refractivity contribution in [2.45, 2.75) is 31.2 Å². The number of carbonyl (C=O) groups is 1. The number of benzene rings is 1. The number of carbonyl (C=O) groups excluding carboxylic acids is 1. The van der Waals surface area contributed by atoms with Crippen LogP contribution in [0.3, 0.4) is 0 Å². The van der Waals surface area contributed by atoms with Crippen LogP contribution in [0.5, 0.6) is 5.75 Å². The fourth-order valence-corrected chi connectivity index (χ4v) is 2.90. The van der Waals surface area contributed by atoms with Gasteiger partial charge >= 0.3 is 0 Å². The van der Waals surface area contributed by atoms with Gasteiger partial charge < -0.3 is 4.74 Å². The van der Waals surface area contributed by atoms with Gasteiger partial charge in [-0.1, -0.05) is 40.8 Å². The van der Waals surface area contributed by atoms with E-state index in [0.29, 0.717) is 10.9 Å². The Morgan fingerprint density at radius 2 is 2.14 bits per heavy atom. The van der Waals surface area contributed by atoms with Gasteiger partial charge in [0.25, 0.3) is 5.91 Å². The van der Waals surface area contributed by atoms with E-state index in [1.807, 2.05) is 38.3 Å². The van der Waals surface area contributed by atoms with E-state index in [1.54, 1.807) is 6.92 Å². The number of ether oxygens (including phenoxy) is 1. The van der Waals surface area contributed by atoms with E-state index in [1.165, 1.54) is 23.1 Å². The lowest BCUT2D eigenvalue weighted by Gasteiger charge is -2.15. The van der Waals surface area contributed by atoms with Gasteiger partial charge in [0.1, 0.15) is 5.75 Å². The van der Waals surface area contributed by atoms with E-state index in [2.05, 4.69) is 15.5 Å². The lowest BCUT2D eigenvalue weighted by Crippen LogP contribution is -2.30. The zero-order chi connectivity index (χ0) is 15.4. The van der Waals surface area contributed by atoms with Crippen LogP contribution in [0.1, 0.15) is 18.1 Å². The van der Waals surface area contributed by atoms with Crippen LogP contribution >= 0.6 is 23.1 Å². The molecule has 5 nitrogen and oxygen atoms in total. The van der Waals surface area contributed by atoms with Crippen LogP contribution in [0, 0.1) is 13.8 Å². The molecule has 2 aromatic rings. The lowest BCUT2D eigenvalue weighted by atomic mass is 10.1. The molecule has 0 aliphatic carbocycles. The molecule has 1 aromatic heterocycles. The molecule has 0 saturated heterocycles. The lowest BCUT2D eigenvalue weighted by molar-refractivity contribution is -0.122.